The van der Waals surface area contributed by atoms with Gasteiger partial charge in [-0.3, -0.25) is 0 Å². The molecule has 0 N–H and O–H groups in total. The van der Waals surface area contributed by atoms with Crippen LogP contribution in [0.1, 0.15) is 126 Å². The first-order chi connectivity index (χ1) is 13.2. The van der Waals surface area contributed by atoms with Gasteiger partial charge in [0.25, 0.3) is 0 Å². The van der Waals surface area contributed by atoms with E-state index in [2.05, 4.69) is 68.0 Å². The van der Waals surface area contributed by atoms with Crippen LogP contribution >= 0.6 is 0 Å². The second kappa shape index (κ2) is 11.8. The van der Waals surface area contributed by atoms with E-state index in [0.29, 0.717) is 16.7 Å². The van der Waals surface area contributed by atoms with Gasteiger partial charge in [-0.05, 0) is 78.9 Å². The van der Waals surface area contributed by atoms with E-state index in [1.54, 1.807) is 0 Å². The lowest BCUT2D eigenvalue weighted by Gasteiger charge is -2.44. The Balaban J connectivity index is 2.90. The summed E-state index contributed by atoms with van der Waals surface area (Å²) in [5.41, 5.74) is 1.20. The molecule has 6 unspecified atom stereocenters. The molecule has 0 aromatic carbocycles. The van der Waals surface area contributed by atoms with Gasteiger partial charge in [0.2, 0.25) is 0 Å². The largest absolute Gasteiger partial charge is 0.103 e. The van der Waals surface area contributed by atoms with Gasteiger partial charge in [0.1, 0.15) is 0 Å². The third-order valence-electron chi connectivity index (χ3n) is 8.92. The lowest BCUT2D eigenvalue weighted by atomic mass is 9.61. The molecule has 0 radical (unpaired) electrons. The van der Waals surface area contributed by atoms with E-state index in [1.165, 1.54) is 70.6 Å². The summed E-state index contributed by atoms with van der Waals surface area (Å²) >= 11 is 0. The van der Waals surface area contributed by atoms with Crippen LogP contribution in [0.5, 0.6) is 0 Å². The fourth-order valence-corrected chi connectivity index (χ4v) is 6.12. The number of rotatable bonds is 16. The quantitative estimate of drug-likeness (QED) is 0.230. The van der Waals surface area contributed by atoms with Gasteiger partial charge in [-0.15, -0.1) is 6.58 Å². The van der Waals surface area contributed by atoms with Crippen LogP contribution in [0.2, 0.25) is 0 Å². The highest BCUT2D eigenvalue weighted by Crippen LogP contribution is 2.60. The van der Waals surface area contributed by atoms with Crippen molar-refractivity contribution in [3.63, 3.8) is 0 Å². The van der Waals surface area contributed by atoms with Crippen molar-refractivity contribution < 1.29 is 0 Å². The van der Waals surface area contributed by atoms with Gasteiger partial charge in [-0.2, -0.15) is 0 Å². The molecule has 1 aliphatic rings. The molecule has 1 fully saturated rings. The summed E-state index contributed by atoms with van der Waals surface area (Å²) in [4.78, 5) is 0. The maximum absolute atomic E-state index is 4.20. The SMILES string of the molecule is C=CC(C)C(CCC)C(CC)(CCCC(C)C(C)C)CCC1CC1(C)CCC. The highest BCUT2D eigenvalue weighted by molar-refractivity contribution is 5.00. The first-order valence-electron chi connectivity index (χ1n) is 12.8. The van der Waals surface area contributed by atoms with Crippen molar-refractivity contribution >= 4 is 0 Å². The van der Waals surface area contributed by atoms with Crippen molar-refractivity contribution in [3.05, 3.63) is 12.7 Å². The molecule has 0 spiro atoms. The van der Waals surface area contributed by atoms with E-state index in [-0.39, 0.29) is 0 Å². The minimum absolute atomic E-state index is 0.524. The molecular formula is C28H54. The zero-order valence-corrected chi connectivity index (χ0v) is 20.9. The highest BCUT2D eigenvalue weighted by Gasteiger charge is 2.49. The van der Waals surface area contributed by atoms with Crippen molar-refractivity contribution in [3.8, 4) is 0 Å². The van der Waals surface area contributed by atoms with Crippen LogP contribution in [0, 0.1) is 40.4 Å². The molecule has 0 heterocycles. The number of allylic oxidation sites excluding steroid dienone is 1. The molecule has 166 valence electrons. The van der Waals surface area contributed by atoms with E-state index in [0.717, 1.165) is 23.7 Å². The molecule has 0 heteroatoms. The second-order valence-electron chi connectivity index (χ2n) is 11.2. The third-order valence-corrected chi connectivity index (χ3v) is 8.92. The van der Waals surface area contributed by atoms with Gasteiger partial charge in [0, 0.05) is 0 Å². The van der Waals surface area contributed by atoms with Crippen LogP contribution in [-0.2, 0) is 0 Å². The molecule has 1 aliphatic carbocycles. The van der Waals surface area contributed by atoms with Gasteiger partial charge in [0.05, 0.1) is 0 Å². The predicted octanol–water partition coefficient (Wildman–Crippen LogP) is 9.69. The Bertz CT molecular complexity index is 435. The maximum atomic E-state index is 4.20. The Hall–Kier alpha value is -0.260. The standard InChI is InChI=1S/C28H54/c1-10-15-26(23(7)12-3)28(13-4,19-14-16-24(8)22(5)6)20-17-25-21-27(25,9)18-11-2/h12,22-26H,3,10-11,13-21H2,1-2,4-9H3. The van der Waals surface area contributed by atoms with Crippen LogP contribution in [0.3, 0.4) is 0 Å². The molecule has 28 heavy (non-hydrogen) atoms. The minimum Gasteiger partial charge on any atom is -0.103 e. The monoisotopic (exact) mass is 390 g/mol. The third kappa shape index (κ3) is 6.91. The molecular weight excluding hydrogens is 336 g/mol. The normalized spacial score (nSPS) is 27.2. The van der Waals surface area contributed by atoms with E-state index < -0.39 is 0 Å². The predicted molar refractivity (Wildman–Crippen MR) is 129 cm³/mol. The van der Waals surface area contributed by atoms with Gasteiger partial charge < -0.3 is 0 Å². The maximum Gasteiger partial charge on any atom is -0.0231 e. The summed E-state index contributed by atoms with van der Waals surface area (Å²) in [5.74, 6) is 4.12. The van der Waals surface area contributed by atoms with Gasteiger partial charge >= 0.3 is 0 Å². The summed E-state index contributed by atoms with van der Waals surface area (Å²) in [6.07, 6.45) is 17.7. The average Bonchev–Trinajstić information content (AvgIpc) is 3.31. The van der Waals surface area contributed by atoms with E-state index in [1.807, 2.05) is 0 Å². The number of hydrogen-bond donors (Lipinski definition) is 0. The smallest absolute Gasteiger partial charge is 0.0231 e. The molecule has 1 saturated carbocycles. The fourth-order valence-electron chi connectivity index (χ4n) is 6.12. The van der Waals surface area contributed by atoms with Gasteiger partial charge in [0.15, 0.2) is 0 Å². The topological polar surface area (TPSA) is 0 Å². The Morgan fingerprint density at radius 2 is 1.71 bits per heavy atom. The first-order valence-corrected chi connectivity index (χ1v) is 12.8. The molecule has 0 aromatic rings. The molecule has 1 rings (SSSR count). The Morgan fingerprint density at radius 3 is 2.21 bits per heavy atom. The van der Waals surface area contributed by atoms with Crippen LogP contribution in [0.25, 0.3) is 0 Å². The fraction of sp³-hybridized carbons (Fsp3) is 0.929. The number of hydrogen-bond acceptors (Lipinski definition) is 0. The van der Waals surface area contributed by atoms with Crippen molar-refractivity contribution in [2.75, 3.05) is 0 Å². The van der Waals surface area contributed by atoms with Crippen molar-refractivity contribution in [1.29, 1.82) is 0 Å². The summed E-state index contributed by atoms with van der Waals surface area (Å²) in [6.45, 7) is 23.6. The molecule has 6 atom stereocenters. The highest BCUT2D eigenvalue weighted by atomic mass is 14.5. The van der Waals surface area contributed by atoms with Crippen molar-refractivity contribution in [2.45, 2.75) is 126 Å². The van der Waals surface area contributed by atoms with Gasteiger partial charge in [-0.25, -0.2) is 0 Å². The Labute approximate surface area is 179 Å². The summed E-state index contributed by atoms with van der Waals surface area (Å²) in [5, 5.41) is 0. The lowest BCUT2D eigenvalue weighted by Crippen LogP contribution is -2.34. The molecule has 0 nitrogen and oxygen atoms in total. The average molecular weight is 391 g/mol. The Kier molecular flexibility index (Phi) is 10.9. The van der Waals surface area contributed by atoms with Crippen LogP contribution in [0.4, 0.5) is 0 Å². The summed E-state index contributed by atoms with van der Waals surface area (Å²) < 4.78 is 0. The van der Waals surface area contributed by atoms with Crippen LogP contribution in [-0.4, -0.2) is 0 Å². The molecule has 0 amide bonds. The van der Waals surface area contributed by atoms with Crippen LogP contribution < -0.4 is 0 Å². The molecule has 0 bridgehead atoms. The lowest BCUT2D eigenvalue weighted by molar-refractivity contribution is 0.0717. The van der Waals surface area contributed by atoms with E-state index in [9.17, 15) is 0 Å². The Morgan fingerprint density at radius 1 is 1.04 bits per heavy atom. The molecule has 0 aliphatic heterocycles. The zero-order valence-electron chi connectivity index (χ0n) is 20.9. The summed E-state index contributed by atoms with van der Waals surface area (Å²) in [7, 11) is 0. The van der Waals surface area contributed by atoms with Crippen molar-refractivity contribution in [1.82, 2.24) is 0 Å². The zero-order chi connectivity index (χ0) is 21.4. The van der Waals surface area contributed by atoms with E-state index >= 15 is 0 Å². The minimum atomic E-state index is 0.524. The summed E-state index contributed by atoms with van der Waals surface area (Å²) in [6, 6.07) is 0. The second-order valence-corrected chi connectivity index (χ2v) is 11.2. The molecule has 0 saturated heterocycles. The first kappa shape index (κ1) is 25.8. The molecule has 0 aromatic heterocycles. The van der Waals surface area contributed by atoms with Crippen LogP contribution in [0.15, 0.2) is 12.7 Å². The van der Waals surface area contributed by atoms with Gasteiger partial charge in [-0.1, -0.05) is 93.6 Å². The van der Waals surface area contributed by atoms with Crippen molar-refractivity contribution in [2.24, 2.45) is 40.4 Å². The van der Waals surface area contributed by atoms with E-state index in [4.69, 9.17) is 0 Å².